The van der Waals surface area contributed by atoms with Gasteiger partial charge in [-0.3, -0.25) is 0 Å². The Bertz CT molecular complexity index is 3530. The summed E-state index contributed by atoms with van der Waals surface area (Å²) in [5.74, 6) is 0. The second-order valence-corrected chi connectivity index (χ2v) is 14.9. The van der Waals surface area contributed by atoms with Crippen LogP contribution in [0.1, 0.15) is 0 Å². The topological polar surface area (TPSA) is 9.86 Å². The number of rotatable bonds is 4. The Morgan fingerprint density at radius 3 is 1.64 bits per heavy atom. The zero-order valence-corrected chi connectivity index (χ0v) is 30.5. The largest absolute Gasteiger partial charge is 0.309 e. The highest BCUT2D eigenvalue weighted by molar-refractivity contribution is 6.23. The third-order valence-corrected chi connectivity index (χ3v) is 11.9. The molecule has 0 saturated carbocycles. The molecule has 0 aliphatic carbocycles. The van der Waals surface area contributed by atoms with Crippen LogP contribution in [0.25, 0.3) is 110 Å². The molecule has 0 spiro atoms. The van der Waals surface area contributed by atoms with Gasteiger partial charge in [0.25, 0.3) is 0 Å². The summed E-state index contributed by atoms with van der Waals surface area (Å²) in [7, 11) is 0. The first kappa shape index (κ1) is 31.0. The second-order valence-electron chi connectivity index (χ2n) is 14.9. The smallest absolute Gasteiger partial charge is 0.0547 e. The average Bonchev–Trinajstić information content (AvgIpc) is 3.78. The maximum absolute atomic E-state index is 2.44. The average molecular weight is 711 g/mol. The molecule has 2 aromatic heterocycles. The van der Waals surface area contributed by atoms with Crippen LogP contribution in [-0.2, 0) is 0 Å². The minimum Gasteiger partial charge on any atom is -0.309 e. The van der Waals surface area contributed by atoms with Gasteiger partial charge in [0, 0.05) is 32.9 Å². The van der Waals surface area contributed by atoms with Crippen LogP contribution in [0.3, 0.4) is 0 Å². The van der Waals surface area contributed by atoms with Crippen molar-refractivity contribution in [2.24, 2.45) is 0 Å². The Kier molecular flexibility index (Phi) is 6.66. The molecule has 12 aromatic rings. The van der Waals surface area contributed by atoms with E-state index in [2.05, 4.69) is 215 Å². The Balaban J connectivity index is 1.03. The molecular formula is C54H34N2. The summed E-state index contributed by atoms with van der Waals surface area (Å²) in [6, 6.07) is 75.8. The quantitative estimate of drug-likeness (QED) is 0.161. The van der Waals surface area contributed by atoms with Gasteiger partial charge in [-0.2, -0.15) is 0 Å². The molecule has 2 heteroatoms. The lowest BCUT2D eigenvalue weighted by Gasteiger charge is -2.15. The molecule has 0 unspecified atom stereocenters. The number of nitrogens with zero attached hydrogens (tertiary/aromatic N) is 2. The van der Waals surface area contributed by atoms with Crippen molar-refractivity contribution in [2.75, 3.05) is 0 Å². The van der Waals surface area contributed by atoms with Gasteiger partial charge in [-0.1, -0.05) is 146 Å². The van der Waals surface area contributed by atoms with Crippen LogP contribution < -0.4 is 0 Å². The summed E-state index contributed by atoms with van der Waals surface area (Å²) in [5.41, 5.74) is 12.0. The molecule has 0 radical (unpaired) electrons. The van der Waals surface area contributed by atoms with E-state index in [0.29, 0.717) is 0 Å². The molecule has 0 fully saturated rings. The van der Waals surface area contributed by atoms with Gasteiger partial charge in [0.1, 0.15) is 0 Å². The van der Waals surface area contributed by atoms with Crippen LogP contribution in [0, 0.1) is 0 Å². The summed E-state index contributed by atoms with van der Waals surface area (Å²) in [6.07, 6.45) is 0. The number of hydrogen-bond acceptors (Lipinski definition) is 0. The monoisotopic (exact) mass is 710 g/mol. The molecule has 2 heterocycles. The van der Waals surface area contributed by atoms with Gasteiger partial charge in [-0.05, 0) is 115 Å². The number of aromatic nitrogens is 2. The van der Waals surface area contributed by atoms with E-state index >= 15 is 0 Å². The summed E-state index contributed by atoms with van der Waals surface area (Å²) in [5, 5.41) is 12.7. The third kappa shape index (κ3) is 4.57. The molecule has 56 heavy (non-hydrogen) atoms. The Morgan fingerprint density at radius 2 is 0.821 bits per heavy atom. The van der Waals surface area contributed by atoms with Crippen LogP contribution in [0.4, 0.5) is 0 Å². The predicted octanol–water partition coefficient (Wildman–Crippen LogP) is 14.7. The van der Waals surface area contributed by atoms with Gasteiger partial charge in [-0.15, -0.1) is 0 Å². The van der Waals surface area contributed by atoms with Gasteiger partial charge >= 0.3 is 0 Å². The summed E-state index contributed by atoms with van der Waals surface area (Å²) in [4.78, 5) is 0. The number of fused-ring (bicyclic) bond motifs is 11. The van der Waals surface area contributed by atoms with Crippen molar-refractivity contribution in [1.29, 1.82) is 0 Å². The normalized spacial score (nSPS) is 11.9. The van der Waals surface area contributed by atoms with E-state index in [9.17, 15) is 0 Å². The maximum atomic E-state index is 2.44. The van der Waals surface area contributed by atoms with E-state index in [1.54, 1.807) is 0 Å². The predicted molar refractivity (Wildman–Crippen MR) is 239 cm³/mol. The summed E-state index contributed by atoms with van der Waals surface area (Å²) in [6.45, 7) is 0. The second kappa shape index (κ2) is 12.0. The molecule has 260 valence electrons. The van der Waals surface area contributed by atoms with Crippen LogP contribution in [-0.4, -0.2) is 9.13 Å². The van der Waals surface area contributed by atoms with Gasteiger partial charge in [0.05, 0.1) is 22.1 Å². The molecular weight excluding hydrogens is 677 g/mol. The van der Waals surface area contributed by atoms with E-state index < -0.39 is 0 Å². The molecule has 0 N–H and O–H groups in total. The van der Waals surface area contributed by atoms with Gasteiger partial charge < -0.3 is 9.13 Å². The maximum Gasteiger partial charge on any atom is 0.0547 e. The van der Waals surface area contributed by atoms with Crippen molar-refractivity contribution in [1.82, 2.24) is 9.13 Å². The molecule has 0 aliphatic heterocycles. The Morgan fingerprint density at radius 1 is 0.250 bits per heavy atom. The minimum absolute atomic E-state index is 1.15. The van der Waals surface area contributed by atoms with Crippen molar-refractivity contribution >= 4 is 75.9 Å². The number of hydrogen-bond donors (Lipinski definition) is 0. The highest BCUT2D eigenvalue weighted by Crippen LogP contribution is 2.41. The lowest BCUT2D eigenvalue weighted by atomic mass is 9.90. The van der Waals surface area contributed by atoms with Crippen LogP contribution >= 0.6 is 0 Å². The fourth-order valence-electron chi connectivity index (χ4n) is 9.37. The van der Waals surface area contributed by atoms with Gasteiger partial charge in [0.15, 0.2) is 0 Å². The van der Waals surface area contributed by atoms with Crippen molar-refractivity contribution in [3.05, 3.63) is 206 Å². The van der Waals surface area contributed by atoms with Crippen molar-refractivity contribution in [3.63, 3.8) is 0 Å². The SMILES string of the molecule is c1ccc(-n2c3ccccc3c3ccc(-c4ccc5c(c4)c4ccccc4n5-c4cccc(-c5cc6ccc7ccccc7c6c6ccccc56)c4)cc32)cc1. The van der Waals surface area contributed by atoms with E-state index in [-0.39, 0.29) is 0 Å². The minimum atomic E-state index is 1.15. The summed E-state index contributed by atoms with van der Waals surface area (Å²) < 4.78 is 4.83. The lowest BCUT2D eigenvalue weighted by molar-refractivity contribution is 1.18. The van der Waals surface area contributed by atoms with Crippen LogP contribution in [0.15, 0.2) is 206 Å². The molecule has 10 aromatic carbocycles. The van der Waals surface area contributed by atoms with E-state index in [1.165, 1.54) is 104 Å². The Hall–Kier alpha value is -7.42. The van der Waals surface area contributed by atoms with E-state index in [1.807, 2.05) is 0 Å². The fourth-order valence-corrected chi connectivity index (χ4v) is 9.37. The molecule has 0 bridgehead atoms. The van der Waals surface area contributed by atoms with Crippen molar-refractivity contribution in [2.45, 2.75) is 0 Å². The number of benzene rings is 10. The first-order valence-electron chi connectivity index (χ1n) is 19.3. The fraction of sp³-hybridized carbons (Fsp3) is 0. The molecule has 0 aliphatic rings. The summed E-state index contributed by atoms with van der Waals surface area (Å²) >= 11 is 0. The van der Waals surface area contributed by atoms with Gasteiger partial charge in [0.2, 0.25) is 0 Å². The standard InChI is InChI=1S/C54H34N2/c1-2-15-40(16-3-1)55-50-23-10-8-20-44(50)46-29-27-37(34-53(46)55)36-28-30-52-49(32-36)45-21-9-11-24-51(45)56(52)41-17-12-14-38(31-41)48-33-39-26-25-35-13-4-5-18-42(35)54(39)47-22-7-6-19-43(47)48/h1-34H. The molecule has 2 nitrogen and oxygen atoms in total. The van der Waals surface area contributed by atoms with Crippen LogP contribution in [0.5, 0.6) is 0 Å². The van der Waals surface area contributed by atoms with Crippen molar-refractivity contribution in [3.8, 4) is 33.6 Å². The molecule has 0 saturated heterocycles. The molecule has 0 amide bonds. The number of para-hydroxylation sites is 3. The van der Waals surface area contributed by atoms with E-state index in [4.69, 9.17) is 0 Å². The lowest BCUT2D eigenvalue weighted by Crippen LogP contribution is -1.95. The highest BCUT2D eigenvalue weighted by atomic mass is 15.0. The molecule has 12 rings (SSSR count). The van der Waals surface area contributed by atoms with Crippen LogP contribution in [0.2, 0.25) is 0 Å². The third-order valence-electron chi connectivity index (χ3n) is 11.9. The van der Waals surface area contributed by atoms with Gasteiger partial charge in [-0.25, -0.2) is 0 Å². The zero-order valence-electron chi connectivity index (χ0n) is 30.5. The first-order chi connectivity index (χ1) is 27.8. The Labute approximate surface area is 323 Å². The van der Waals surface area contributed by atoms with E-state index in [0.717, 1.165) is 5.69 Å². The molecule has 0 atom stereocenters. The van der Waals surface area contributed by atoms with Crippen molar-refractivity contribution < 1.29 is 0 Å². The highest BCUT2D eigenvalue weighted by Gasteiger charge is 2.17. The first-order valence-corrected chi connectivity index (χ1v) is 19.3. The zero-order chi connectivity index (χ0) is 36.7.